The molecule has 1 amide bonds. The second-order valence-electron chi connectivity index (χ2n) is 3.47. The summed E-state index contributed by atoms with van der Waals surface area (Å²) < 4.78 is 0. The number of carbonyl (C=O) groups is 1. The Kier molecular flexibility index (Phi) is 4.89. The zero-order valence-corrected chi connectivity index (χ0v) is 9.07. The maximum Gasteiger partial charge on any atom is 0.223 e. The summed E-state index contributed by atoms with van der Waals surface area (Å²) in [4.78, 5) is 11.0. The lowest BCUT2D eigenvalue weighted by atomic mass is 9.89. The zero-order chi connectivity index (χ0) is 9.68. The third-order valence-corrected chi connectivity index (χ3v) is 2.72. The highest BCUT2D eigenvalue weighted by molar-refractivity contribution is 6.44. The van der Waals surface area contributed by atoms with E-state index in [1.54, 1.807) is 0 Å². The van der Waals surface area contributed by atoms with Crippen LogP contribution in [0, 0.1) is 5.92 Å². The maximum atomic E-state index is 11.5. The molecular weight excluding hydrogens is 209 g/mol. The normalized spacial score (nSPS) is 19.0. The highest BCUT2D eigenvalue weighted by Crippen LogP contribution is 2.23. The third-order valence-electron chi connectivity index (χ3n) is 2.41. The fourth-order valence-corrected chi connectivity index (χ4v) is 1.84. The van der Waals surface area contributed by atoms with E-state index in [0.717, 1.165) is 12.8 Å². The lowest BCUT2D eigenvalue weighted by molar-refractivity contribution is -0.125. The highest BCUT2D eigenvalue weighted by Gasteiger charge is 2.20. The van der Waals surface area contributed by atoms with Gasteiger partial charge in [0.15, 0.2) is 0 Å². The molecule has 1 aliphatic carbocycles. The van der Waals surface area contributed by atoms with Gasteiger partial charge in [0.2, 0.25) is 5.91 Å². The van der Waals surface area contributed by atoms with E-state index in [-0.39, 0.29) is 11.8 Å². The lowest BCUT2D eigenvalue weighted by Gasteiger charge is -2.20. The number of alkyl halides is 2. The van der Waals surface area contributed by atoms with Gasteiger partial charge in [-0.25, -0.2) is 0 Å². The number of nitrogens with one attached hydrogen (secondary N) is 1. The van der Waals surface area contributed by atoms with Crippen molar-refractivity contribution in [1.29, 1.82) is 0 Å². The van der Waals surface area contributed by atoms with Gasteiger partial charge in [-0.05, 0) is 12.8 Å². The topological polar surface area (TPSA) is 29.1 Å². The van der Waals surface area contributed by atoms with Crippen LogP contribution in [0.15, 0.2) is 0 Å². The Balaban J connectivity index is 2.21. The Hall–Kier alpha value is 0.0500. The van der Waals surface area contributed by atoms with Crippen LogP contribution in [0.1, 0.15) is 32.1 Å². The van der Waals surface area contributed by atoms with E-state index in [9.17, 15) is 4.79 Å². The minimum Gasteiger partial charge on any atom is -0.353 e. The largest absolute Gasteiger partial charge is 0.353 e. The van der Waals surface area contributed by atoms with Gasteiger partial charge in [-0.1, -0.05) is 19.3 Å². The molecule has 76 valence electrons. The van der Waals surface area contributed by atoms with Crippen molar-refractivity contribution in [3.05, 3.63) is 0 Å². The van der Waals surface area contributed by atoms with Crippen molar-refractivity contribution < 1.29 is 4.79 Å². The van der Waals surface area contributed by atoms with Crippen LogP contribution >= 0.6 is 23.2 Å². The van der Waals surface area contributed by atoms with E-state index in [2.05, 4.69) is 5.32 Å². The van der Waals surface area contributed by atoms with E-state index >= 15 is 0 Å². The molecule has 0 spiro atoms. The van der Waals surface area contributed by atoms with Crippen molar-refractivity contribution in [2.75, 3.05) is 6.54 Å². The van der Waals surface area contributed by atoms with Crippen LogP contribution in [0.2, 0.25) is 0 Å². The Morgan fingerprint density at radius 2 is 1.92 bits per heavy atom. The van der Waals surface area contributed by atoms with Crippen molar-refractivity contribution >= 4 is 29.1 Å². The summed E-state index contributed by atoms with van der Waals surface area (Å²) in [7, 11) is 0. The SMILES string of the molecule is O=C(NCC(Cl)Cl)C1CCCCC1. The molecular formula is C9H15Cl2NO. The molecule has 13 heavy (non-hydrogen) atoms. The summed E-state index contributed by atoms with van der Waals surface area (Å²) >= 11 is 11.0. The predicted octanol–water partition coefficient (Wildman–Crippen LogP) is 2.49. The first kappa shape index (κ1) is 11.1. The number of halogens is 2. The molecule has 1 aliphatic rings. The van der Waals surface area contributed by atoms with E-state index in [0.29, 0.717) is 6.54 Å². The van der Waals surface area contributed by atoms with Crippen molar-refractivity contribution in [3.63, 3.8) is 0 Å². The molecule has 0 radical (unpaired) electrons. The molecule has 1 rings (SSSR count). The van der Waals surface area contributed by atoms with Gasteiger partial charge in [-0.2, -0.15) is 0 Å². The summed E-state index contributed by atoms with van der Waals surface area (Å²) in [6, 6.07) is 0. The Bertz CT molecular complexity index is 167. The van der Waals surface area contributed by atoms with Gasteiger partial charge in [-0.3, -0.25) is 4.79 Å². The van der Waals surface area contributed by atoms with Gasteiger partial charge in [0.05, 0.1) is 0 Å². The summed E-state index contributed by atoms with van der Waals surface area (Å²) in [5.41, 5.74) is 0. The van der Waals surface area contributed by atoms with Crippen LogP contribution in [0.25, 0.3) is 0 Å². The minimum atomic E-state index is -0.493. The Morgan fingerprint density at radius 1 is 1.31 bits per heavy atom. The maximum absolute atomic E-state index is 11.5. The quantitative estimate of drug-likeness (QED) is 0.733. The number of hydrogen-bond acceptors (Lipinski definition) is 1. The molecule has 1 saturated carbocycles. The molecule has 1 N–H and O–H groups in total. The molecule has 0 bridgehead atoms. The molecule has 0 aromatic rings. The summed E-state index contributed by atoms with van der Waals surface area (Å²) in [6.07, 6.45) is 5.63. The van der Waals surface area contributed by atoms with Crippen LogP contribution in [0.3, 0.4) is 0 Å². The summed E-state index contributed by atoms with van der Waals surface area (Å²) in [5, 5.41) is 2.75. The third kappa shape index (κ3) is 4.19. The van der Waals surface area contributed by atoms with Crippen LogP contribution < -0.4 is 5.32 Å². The smallest absolute Gasteiger partial charge is 0.223 e. The van der Waals surface area contributed by atoms with Crippen molar-refractivity contribution in [2.24, 2.45) is 5.92 Å². The van der Waals surface area contributed by atoms with Gasteiger partial charge in [0.25, 0.3) is 0 Å². The average molecular weight is 224 g/mol. The highest BCUT2D eigenvalue weighted by atomic mass is 35.5. The number of amides is 1. The van der Waals surface area contributed by atoms with Crippen molar-refractivity contribution in [2.45, 2.75) is 36.9 Å². The van der Waals surface area contributed by atoms with Gasteiger partial charge < -0.3 is 5.32 Å². The first-order valence-corrected chi connectivity index (χ1v) is 5.63. The van der Waals surface area contributed by atoms with Crippen molar-refractivity contribution in [3.8, 4) is 0 Å². The molecule has 0 aliphatic heterocycles. The van der Waals surface area contributed by atoms with E-state index < -0.39 is 4.84 Å². The van der Waals surface area contributed by atoms with Crippen LogP contribution in [0.5, 0.6) is 0 Å². The van der Waals surface area contributed by atoms with Crippen LogP contribution in [-0.2, 0) is 4.79 Å². The first-order valence-electron chi connectivity index (χ1n) is 4.76. The Labute approximate surface area is 89.0 Å². The number of carbonyl (C=O) groups excluding carboxylic acids is 1. The first-order chi connectivity index (χ1) is 6.20. The van der Waals surface area contributed by atoms with E-state index in [1.807, 2.05) is 0 Å². The average Bonchev–Trinajstić information content (AvgIpc) is 2.15. The Morgan fingerprint density at radius 3 is 2.46 bits per heavy atom. The fraction of sp³-hybridized carbons (Fsp3) is 0.889. The van der Waals surface area contributed by atoms with Gasteiger partial charge in [0.1, 0.15) is 4.84 Å². The molecule has 0 atom stereocenters. The molecule has 1 fully saturated rings. The molecule has 2 nitrogen and oxygen atoms in total. The van der Waals surface area contributed by atoms with E-state index in [1.165, 1.54) is 19.3 Å². The number of hydrogen-bond donors (Lipinski definition) is 1. The van der Waals surface area contributed by atoms with Gasteiger partial charge in [0, 0.05) is 12.5 Å². The molecule has 0 aromatic heterocycles. The van der Waals surface area contributed by atoms with Gasteiger partial charge >= 0.3 is 0 Å². The fourth-order valence-electron chi connectivity index (χ4n) is 1.69. The van der Waals surface area contributed by atoms with Crippen molar-refractivity contribution in [1.82, 2.24) is 5.32 Å². The minimum absolute atomic E-state index is 0.117. The molecule has 0 saturated heterocycles. The van der Waals surface area contributed by atoms with Crippen LogP contribution in [-0.4, -0.2) is 17.3 Å². The summed E-state index contributed by atoms with van der Waals surface area (Å²) in [5.74, 6) is 0.312. The standard InChI is InChI=1S/C9H15Cl2NO/c10-8(11)6-12-9(13)7-4-2-1-3-5-7/h7-8H,1-6H2,(H,12,13). The molecule has 4 heteroatoms. The predicted molar refractivity (Wildman–Crippen MR) is 55.1 cm³/mol. The summed E-state index contributed by atoms with van der Waals surface area (Å²) in [6.45, 7) is 0.360. The lowest BCUT2D eigenvalue weighted by Crippen LogP contribution is -2.34. The zero-order valence-electron chi connectivity index (χ0n) is 7.56. The van der Waals surface area contributed by atoms with Crippen LogP contribution in [0.4, 0.5) is 0 Å². The molecule has 0 heterocycles. The monoisotopic (exact) mass is 223 g/mol. The molecule has 0 unspecified atom stereocenters. The van der Waals surface area contributed by atoms with Gasteiger partial charge in [-0.15, -0.1) is 23.2 Å². The number of rotatable bonds is 3. The second kappa shape index (κ2) is 5.71. The second-order valence-corrected chi connectivity index (χ2v) is 4.75. The van der Waals surface area contributed by atoms with E-state index in [4.69, 9.17) is 23.2 Å². The molecule has 0 aromatic carbocycles.